The molecule has 0 aliphatic rings. The average molecular weight is 422 g/mol. The van der Waals surface area contributed by atoms with E-state index < -0.39 is 5.97 Å². The third-order valence-corrected chi connectivity index (χ3v) is 5.15. The van der Waals surface area contributed by atoms with E-state index in [1.54, 1.807) is 24.3 Å². The Morgan fingerprint density at radius 1 is 1.00 bits per heavy atom. The Kier molecular flexibility index (Phi) is 5.82. The van der Waals surface area contributed by atoms with Gasteiger partial charge in [-0.1, -0.05) is 72.5 Å². The van der Waals surface area contributed by atoms with Crippen molar-refractivity contribution in [3.63, 3.8) is 0 Å². The fourth-order valence-electron chi connectivity index (χ4n) is 3.34. The van der Waals surface area contributed by atoms with Crippen LogP contribution in [0.3, 0.4) is 0 Å². The van der Waals surface area contributed by atoms with Gasteiger partial charge in [0, 0.05) is 11.1 Å². The van der Waals surface area contributed by atoms with Crippen LogP contribution in [-0.2, 0) is 12.0 Å². The number of rotatable bonds is 5. The Morgan fingerprint density at radius 2 is 1.75 bits per heavy atom. The summed E-state index contributed by atoms with van der Waals surface area (Å²) in [6, 6.07) is 24.7. The van der Waals surface area contributed by atoms with E-state index in [0.29, 0.717) is 11.4 Å². The van der Waals surface area contributed by atoms with Crippen molar-refractivity contribution in [2.45, 2.75) is 25.8 Å². The first-order valence-electron chi connectivity index (χ1n) is 10.2. The number of tetrazole rings is 1. The Labute approximate surface area is 186 Å². The predicted octanol–water partition coefficient (Wildman–Crippen LogP) is 4.42. The monoisotopic (exact) mass is 422 g/mol. The van der Waals surface area contributed by atoms with Crippen molar-refractivity contribution in [3.8, 4) is 23.2 Å². The molecule has 0 saturated carbocycles. The van der Waals surface area contributed by atoms with Crippen molar-refractivity contribution in [2.24, 2.45) is 0 Å². The molecule has 4 aromatic rings. The molecule has 0 radical (unpaired) electrons. The third-order valence-electron chi connectivity index (χ3n) is 5.15. The Balaban J connectivity index is 1.56. The molecule has 3 aromatic carbocycles. The average Bonchev–Trinajstić information content (AvgIpc) is 3.27. The molecule has 158 valence electrons. The fraction of sp³-hybridized carbons (Fsp3) is 0.154. The van der Waals surface area contributed by atoms with E-state index in [2.05, 4.69) is 53.2 Å². The smallest absolute Gasteiger partial charge is 0.336 e. The van der Waals surface area contributed by atoms with Crippen LogP contribution in [0, 0.1) is 11.8 Å². The first-order chi connectivity index (χ1) is 15.4. The summed E-state index contributed by atoms with van der Waals surface area (Å²) in [4.78, 5) is 12.8. The number of hydrogen-bond donors (Lipinski definition) is 1. The van der Waals surface area contributed by atoms with E-state index in [9.17, 15) is 9.90 Å². The summed E-state index contributed by atoms with van der Waals surface area (Å²) in [6.45, 7) is 4.42. The molecular weight excluding hydrogens is 400 g/mol. The second-order valence-corrected chi connectivity index (χ2v) is 7.93. The van der Waals surface area contributed by atoms with Crippen molar-refractivity contribution in [1.29, 1.82) is 0 Å². The minimum atomic E-state index is -0.981. The van der Waals surface area contributed by atoms with Gasteiger partial charge in [-0.25, -0.2) is 4.79 Å². The fourth-order valence-corrected chi connectivity index (χ4v) is 3.34. The predicted molar refractivity (Wildman–Crippen MR) is 122 cm³/mol. The van der Waals surface area contributed by atoms with Crippen LogP contribution >= 0.6 is 0 Å². The molecule has 6 nitrogen and oxygen atoms in total. The van der Waals surface area contributed by atoms with E-state index in [1.807, 2.05) is 42.5 Å². The molecule has 1 heterocycles. The Bertz CT molecular complexity index is 1310. The van der Waals surface area contributed by atoms with Crippen molar-refractivity contribution in [2.75, 3.05) is 0 Å². The van der Waals surface area contributed by atoms with Gasteiger partial charge in [-0.05, 0) is 48.4 Å². The number of carboxylic acids is 1. The highest BCUT2D eigenvalue weighted by Crippen LogP contribution is 2.22. The third kappa shape index (κ3) is 4.73. The van der Waals surface area contributed by atoms with E-state index in [1.165, 1.54) is 4.80 Å². The van der Waals surface area contributed by atoms with Gasteiger partial charge in [-0.3, -0.25) is 0 Å². The van der Waals surface area contributed by atoms with E-state index >= 15 is 0 Å². The molecule has 4 rings (SSSR count). The minimum absolute atomic E-state index is 0.222. The number of hydrogen-bond acceptors (Lipinski definition) is 4. The zero-order valence-corrected chi connectivity index (χ0v) is 17.9. The van der Waals surface area contributed by atoms with Crippen LogP contribution < -0.4 is 0 Å². The molecule has 0 bridgehead atoms. The SMILES string of the molecule is CC(C)(C#Cc1cccc(-c2nnn(Cc3ccccc3C(=O)O)n2)c1)c1ccccc1. The van der Waals surface area contributed by atoms with Crippen molar-refractivity contribution < 1.29 is 9.90 Å². The lowest BCUT2D eigenvalue weighted by atomic mass is 9.85. The van der Waals surface area contributed by atoms with E-state index in [-0.39, 0.29) is 17.5 Å². The lowest BCUT2D eigenvalue weighted by molar-refractivity contribution is 0.0695. The number of carbonyl (C=O) groups is 1. The van der Waals surface area contributed by atoms with Gasteiger partial charge in [0.25, 0.3) is 0 Å². The van der Waals surface area contributed by atoms with Gasteiger partial charge in [0.1, 0.15) is 0 Å². The van der Waals surface area contributed by atoms with Gasteiger partial charge < -0.3 is 5.11 Å². The standard InChI is InChI=1S/C26H22N4O2/c1-26(2,22-12-4-3-5-13-22)16-15-19-9-8-11-20(17-19)24-27-29-30(28-24)18-21-10-6-7-14-23(21)25(31)32/h3-14,17H,18H2,1-2H3,(H,31,32). The molecule has 0 amide bonds. The topological polar surface area (TPSA) is 80.9 Å². The molecule has 0 atom stereocenters. The maximum atomic E-state index is 11.4. The minimum Gasteiger partial charge on any atom is -0.478 e. The summed E-state index contributed by atoms with van der Waals surface area (Å²) >= 11 is 0. The molecule has 1 N–H and O–H groups in total. The molecule has 0 saturated heterocycles. The maximum Gasteiger partial charge on any atom is 0.336 e. The van der Waals surface area contributed by atoms with Crippen LogP contribution in [0.5, 0.6) is 0 Å². The zero-order valence-electron chi connectivity index (χ0n) is 17.9. The Hall–Kier alpha value is -4.24. The van der Waals surface area contributed by atoms with Crippen LogP contribution in [0.25, 0.3) is 11.4 Å². The molecular formula is C26H22N4O2. The quantitative estimate of drug-likeness (QED) is 0.482. The lowest BCUT2D eigenvalue weighted by Gasteiger charge is -2.17. The summed E-state index contributed by atoms with van der Waals surface area (Å²) in [7, 11) is 0. The number of aromatic nitrogens is 4. The molecule has 0 spiro atoms. The van der Waals surface area contributed by atoms with Gasteiger partial charge in [-0.2, -0.15) is 4.80 Å². The number of benzene rings is 3. The van der Waals surface area contributed by atoms with Crippen LogP contribution in [0.15, 0.2) is 78.9 Å². The molecule has 0 unspecified atom stereocenters. The van der Waals surface area contributed by atoms with Crippen LogP contribution in [-0.4, -0.2) is 31.3 Å². The normalized spacial score (nSPS) is 10.9. The van der Waals surface area contributed by atoms with Crippen LogP contribution in [0.1, 0.15) is 40.9 Å². The van der Waals surface area contributed by atoms with Gasteiger partial charge in [0.05, 0.1) is 17.5 Å². The summed E-state index contributed by atoms with van der Waals surface area (Å²) in [5, 5.41) is 22.0. The van der Waals surface area contributed by atoms with Gasteiger partial charge in [0.15, 0.2) is 0 Å². The van der Waals surface area contributed by atoms with Crippen LogP contribution in [0.2, 0.25) is 0 Å². The largest absolute Gasteiger partial charge is 0.478 e. The van der Waals surface area contributed by atoms with Crippen LogP contribution in [0.4, 0.5) is 0 Å². The van der Waals surface area contributed by atoms with Crippen molar-refractivity contribution >= 4 is 5.97 Å². The molecule has 6 heteroatoms. The molecule has 1 aromatic heterocycles. The molecule has 0 aliphatic carbocycles. The summed E-state index contributed by atoms with van der Waals surface area (Å²) < 4.78 is 0. The first kappa shape index (κ1) is 21.0. The zero-order chi connectivity index (χ0) is 22.6. The second-order valence-electron chi connectivity index (χ2n) is 7.93. The highest BCUT2D eigenvalue weighted by atomic mass is 16.4. The van der Waals surface area contributed by atoms with E-state index in [0.717, 1.165) is 16.7 Å². The highest BCUT2D eigenvalue weighted by Gasteiger charge is 2.17. The Morgan fingerprint density at radius 3 is 2.53 bits per heavy atom. The second kappa shape index (κ2) is 8.86. The van der Waals surface area contributed by atoms with E-state index in [4.69, 9.17) is 0 Å². The summed E-state index contributed by atoms with van der Waals surface area (Å²) in [6.07, 6.45) is 0. The van der Waals surface area contributed by atoms with Crippen molar-refractivity contribution in [1.82, 2.24) is 20.2 Å². The number of aromatic carboxylic acids is 1. The number of nitrogens with zero attached hydrogens (tertiary/aromatic N) is 4. The lowest BCUT2D eigenvalue weighted by Crippen LogP contribution is -2.13. The highest BCUT2D eigenvalue weighted by molar-refractivity contribution is 5.89. The maximum absolute atomic E-state index is 11.4. The molecule has 32 heavy (non-hydrogen) atoms. The number of carboxylic acid groups (broad SMARTS) is 1. The molecule has 0 fully saturated rings. The summed E-state index contributed by atoms with van der Waals surface area (Å²) in [5.41, 5.74) is 3.38. The van der Waals surface area contributed by atoms with Gasteiger partial charge in [-0.15, -0.1) is 10.2 Å². The molecule has 0 aliphatic heterocycles. The van der Waals surface area contributed by atoms with Gasteiger partial charge >= 0.3 is 5.97 Å². The van der Waals surface area contributed by atoms with Crippen molar-refractivity contribution in [3.05, 3.63) is 101 Å². The summed E-state index contributed by atoms with van der Waals surface area (Å²) in [5.74, 6) is 6.10. The van der Waals surface area contributed by atoms with Gasteiger partial charge in [0.2, 0.25) is 5.82 Å². The first-order valence-corrected chi connectivity index (χ1v) is 10.2.